The minimum absolute atomic E-state index is 0.0273. The molecule has 0 fully saturated rings. The molecule has 0 aliphatic carbocycles. The van der Waals surface area contributed by atoms with E-state index in [1.807, 2.05) is 6.92 Å². The Morgan fingerprint density at radius 2 is 2.24 bits per heavy atom. The van der Waals surface area contributed by atoms with Crippen LogP contribution < -0.4 is 10.9 Å². The molecule has 1 atom stereocenters. The van der Waals surface area contributed by atoms with Gasteiger partial charge in [0.05, 0.1) is 17.1 Å². The van der Waals surface area contributed by atoms with E-state index in [-0.39, 0.29) is 23.3 Å². The minimum atomic E-state index is -0.805. The average molecular weight is 415 g/mol. The number of halogens is 1. The number of hydrogen-bond acceptors (Lipinski definition) is 6. The molecule has 152 valence electrons. The van der Waals surface area contributed by atoms with E-state index in [1.165, 1.54) is 30.0 Å². The number of carbonyl (C=O) groups excluding carboxylic acids is 1. The molecule has 1 aromatic heterocycles. The summed E-state index contributed by atoms with van der Waals surface area (Å²) in [5.41, 5.74) is 1.10. The van der Waals surface area contributed by atoms with Gasteiger partial charge in [-0.3, -0.25) is 4.79 Å². The van der Waals surface area contributed by atoms with Gasteiger partial charge >= 0.3 is 5.97 Å². The molecule has 1 aliphatic rings. The summed E-state index contributed by atoms with van der Waals surface area (Å²) < 4.78 is 19.2. The van der Waals surface area contributed by atoms with Crippen molar-refractivity contribution in [2.45, 2.75) is 31.3 Å². The number of nitrogens with one attached hydrogen (secondary N) is 2. The van der Waals surface area contributed by atoms with Crippen molar-refractivity contribution >= 4 is 23.5 Å². The summed E-state index contributed by atoms with van der Waals surface area (Å²) in [5, 5.41) is 3.55. The molecule has 1 aliphatic heterocycles. The Hall–Kier alpha value is -2.87. The summed E-state index contributed by atoms with van der Waals surface area (Å²) in [6, 6.07) is 5.84. The van der Waals surface area contributed by atoms with E-state index in [0.717, 1.165) is 12.2 Å². The van der Waals surface area contributed by atoms with E-state index in [0.29, 0.717) is 22.2 Å². The Balaban J connectivity index is 2.17. The number of ether oxygens (including phenoxy) is 1. The SMILES string of the molecule is C=CCOC(=O)C1=C(C)Nc2nc(SCCC)[nH]c(=O)c2[C@H]1c1cccc(F)c1. The predicted octanol–water partition coefficient (Wildman–Crippen LogP) is 3.97. The highest BCUT2D eigenvalue weighted by Gasteiger charge is 2.36. The molecule has 8 heteroatoms. The van der Waals surface area contributed by atoms with Gasteiger partial charge in [0, 0.05) is 11.4 Å². The van der Waals surface area contributed by atoms with Crippen LogP contribution in [0, 0.1) is 5.82 Å². The number of aromatic nitrogens is 2. The molecule has 0 saturated heterocycles. The standard InChI is InChI=1S/C21H22FN3O3S/c1-4-9-28-20(27)15-12(3)23-18-17(16(15)13-7-6-8-14(22)11-13)19(26)25-21(24-18)29-10-5-2/h4,6-8,11,16H,1,5,9-10H2,2-3H3,(H2,23,24,25,26)/t16-/m0/s1. The van der Waals surface area contributed by atoms with Crippen molar-refractivity contribution in [3.05, 3.63) is 75.5 Å². The van der Waals surface area contributed by atoms with Crippen LogP contribution in [0.2, 0.25) is 0 Å². The third-order valence-electron chi connectivity index (χ3n) is 4.40. The second-order valence-electron chi connectivity index (χ2n) is 6.52. The number of H-pyrrole nitrogens is 1. The molecule has 3 rings (SSSR count). The number of carbonyl (C=O) groups is 1. The van der Waals surface area contributed by atoms with E-state index >= 15 is 0 Å². The lowest BCUT2D eigenvalue weighted by Gasteiger charge is -2.28. The highest BCUT2D eigenvalue weighted by atomic mass is 32.2. The third kappa shape index (κ3) is 4.42. The molecule has 0 spiro atoms. The van der Waals surface area contributed by atoms with E-state index in [1.54, 1.807) is 19.1 Å². The number of rotatable bonds is 7. The van der Waals surface area contributed by atoms with Gasteiger partial charge in [-0.15, -0.1) is 0 Å². The fourth-order valence-electron chi connectivity index (χ4n) is 3.20. The summed E-state index contributed by atoms with van der Waals surface area (Å²) in [4.78, 5) is 33.0. The fourth-order valence-corrected chi connectivity index (χ4v) is 3.92. The molecule has 29 heavy (non-hydrogen) atoms. The van der Waals surface area contributed by atoms with Crippen LogP contribution in [0.3, 0.4) is 0 Å². The molecule has 2 heterocycles. The Morgan fingerprint density at radius 1 is 1.45 bits per heavy atom. The molecule has 1 aromatic carbocycles. The highest BCUT2D eigenvalue weighted by molar-refractivity contribution is 7.99. The van der Waals surface area contributed by atoms with Crippen molar-refractivity contribution < 1.29 is 13.9 Å². The van der Waals surface area contributed by atoms with Gasteiger partial charge in [0.2, 0.25) is 0 Å². The van der Waals surface area contributed by atoms with Crippen molar-refractivity contribution in [3.63, 3.8) is 0 Å². The Bertz CT molecular complexity index is 1030. The maximum atomic E-state index is 14.0. The van der Waals surface area contributed by atoms with Crippen molar-refractivity contribution in [1.82, 2.24) is 9.97 Å². The lowest BCUT2D eigenvalue weighted by atomic mass is 9.82. The number of thioether (sulfide) groups is 1. The molecule has 0 unspecified atom stereocenters. The topological polar surface area (TPSA) is 84.1 Å². The van der Waals surface area contributed by atoms with Gasteiger partial charge in [-0.25, -0.2) is 14.2 Å². The normalized spacial score (nSPS) is 15.5. The minimum Gasteiger partial charge on any atom is -0.458 e. The number of hydrogen-bond donors (Lipinski definition) is 2. The molecular formula is C21H22FN3O3S. The van der Waals surface area contributed by atoms with E-state index in [9.17, 15) is 14.0 Å². The Morgan fingerprint density at radius 3 is 2.93 bits per heavy atom. The van der Waals surface area contributed by atoms with Crippen LogP contribution in [-0.2, 0) is 9.53 Å². The summed E-state index contributed by atoms with van der Waals surface area (Å²) in [6.45, 7) is 7.32. The molecule has 2 aromatic rings. The maximum Gasteiger partial charge on any atom is 0.337 e. The molecule has 0 radical (unpaired) electrons. The first-order valence-electron chi connectivity index (χ1n) is 9.24. The van der Waals surface area contributed by atoms with Crippen LogP contribution in [0.15, 0.2) is 58.1 Å². The number of allylic oxidation sites excluding steroid dienone is 1. The van der Waals surface area contributed by atoms with E-state index in [2.05, 4.69) is 21.9 Å². The van der Waals surface area contributed by atoms with Gasteiger partial charge in [-0.1, -0.05) is 43.5 Å². The van der Waals surface area contributed by atoms with Gasteiger partial charge < -0.3 is 15.0 Å². The lowest BCUT2D eigenvalue weighted by Crippen LogP contribution is -2.31. The smallest absolute Gasteiger partial charge is 0.337 e. The summed E-state index contributed by atoms with van der Waals surface area (Å²) in [6.07, 6.45) is 2.39. The first-order valence-corrected chi connectivity index (χ1v) is 10.2. The Kier molecular flexibility index (Phi) is 6.53. The molecule has 2 N–H and O–H groups in total. The number of nitrogens with zero attached hydrogens (tertiary/aromatic N) is 1. The average Bonchev–Trinajstić information content (AvgIpc) is 2.69. The van der Waals surface area contributed by atoms with Gasteiger partial charge in [-0.2, -0.15) is 0 Å². The monoisotopic (exact) mass is 415 g/mol. The van der Waals surface area contributed by atoms with Crippen LogP contribution in [0.25, 0.3) is 0 Å². The van der Waals surface area contributed by atoms with Gasteiger partial charge in [0.15, 0.2) is 5.16 Å². The second kappa shape index (κ2) is 9.09. The summed E-state index contributed by atoms with van der Waals surface area (Å²) >= 11 is 1.44. The quantitative estimate of drug-likeness (QED) is 0.308. The van der Waals surface area contributed by atoms with Crippen molar-refractivity contribution in [2.75, 3.05) is 17.7 Å². The molecule has 0 saturated carbocycles. The van der Waals surface area contributed by atoms with Gasteiger partial charge in [0.1, 0.15) is 18.2 Å². The first-order chi connectivity index (χ1) is 14.0. The summed E-state index contributed by atoms with van der Waals surface area (Å²) in [7, 11) is 0. The fraction of sp³-hybridized carbons (Fsp3) is 0.286. The van der Waals surface area contributed by atoms with E-state index in [4.69, 9.17) is 4.74 Å². The van der Waals surface area contributed by atoms with Crippen molar-refractivity contribution in [1.29, 1.82) is 0 Å². The van der Waals surface area contributed by atoms with Crippen molar-refractivity contribution in [2.24, 2.45) is 0 Å². The number of esters is 1. The van der Waals surface area contributed by atoms with Crippen LogP contribution in [-0.4, -0.2) is 28.3 Å². The van der Waals surface area contributed by atoms with Crippen molar-refractivity contribution in [3.8, 4) is 0 Å². The second-order valence-corrected chi connectivity index (χ2v) is 7.60. The number of aromatic amines is 1. The third-order valence-corrected chi connectivity index (χ3v) is 5.48. The van der Waals surface area contributed by atoms with Crippen LogP contribution in [0.1, 0.15) is 37.3 Å². The largest absolute Gasteiger partial charge is 0.458 e. The van der Waals surface area contributed by atoms with Crippen LogP contribution in [0.5, 0.6) is 0 Å². The Labute approximate surface area is 172 Å². The van der Waals surface area contributed by atoms with E-state index < -0.39 is 17.7 Å². The highest BCUT2D eigenvalue weighted by Crippen LogP contribution is 2.40. The number of anilines is 1. The predicted molar refractivity (Wildman–Crippen MR) is 112 cm³/mol. The number of benzene rings is 1. The molecule has 6 nitrogen and oxygen atoms in total. The van der Waals surface area contributed by atoms with Crippen LogP contribution >= 0.6 is 11.8 Å². The molecule has 0 amide bonds. The number of fused-ring (bicyclic) bond motifs is 1. The lowest BCUT2D eigenvalue weighted by molar-refractivity contribution is -0.138. The van der Waals surface area contributed by atoms with Crippen LogP contribution in [0.4, 0.5) is 10.2 Å². The molecular weight excluding hydrogens is 393 g/mol. The molecule has 0 bridgehead atoms. The zero-order valence-corrected chi connectivity index (χ0v) is 17.1. The zero-order valence-electron chi connectivity index (χ0n) is 16.3. The zero-order chi connectivity index (χ0) is 21.0. The van der Waals surface area contributed by atoms with Gasteiger partial charge in [-0.05, 0) is 31.0 Å². The van der Waals surface area contributed by atoms with Gasteiger partial charge in [0.25, 0.3) is 5.56 Å². The maximum absolute atomic E-state index is 14.0. The summed E-state index contributed by atoms with van der Waals surface area (Å²) in [5.74, 6) is -0.694. The first kappa shape index (κ1) is 20.9.